The molecule has 3 unspecified atom stereocenters. The van der Waals surface area contributed by atoms with E-state index < -0.39 is 18.2 Å². The van der Waals surface area contributed by atoms with Crippen LogP contribution in [0.15, 0.2) is 36.5 Å². The number of carbonyl (C=O) groups excluding carboxylic acids is 2. The molecule has 0 aromatic heterocycles. The fourth-order valence-corrected chi connectivity index (χ4v) is 8.32. The average Bonchev–Trinajstić information content (AvgIpc) is 3.26. The third kappa shape index (κ3) is 44.7. The van der Waals surface area contributed by atoms with E-state index >= 15 is 0 Å². The van der Waals surface area contributed by atoms with E-state index in [4.69, 9.17) is 4.74 Å². The highest BCUT2D eigenvalue weighted by Gasteiger charge is 2.24. The Labute approximate surface area is 385 Å². The molecule has 62 heavy (non-hydrogen) atoms. The largest absolute Gasteiger partial charge is 0.462 e. The first kappa shape index (κ1) is 60.1. The quantitative estimate of drug-likeness (QED) is 0.0321. The standard InChI is InChI=1S/C56H105NO5/c1-4-7-10-13-16-18-20-22-24-26-27-29-31-33-35-37-40-43-46-49-56(61)62-52(47-44-41-38-15-12-9-6-3)50-55(60)57-53(51-58)54(59)48-45-42-39-36-34-32-30-28-25-23-21-19-17-14-11-8-5-2/h16,18,22,24,27,29,52-54,58-59H,4-15,17,19-21,23,25-26,28,30-51H2,1-3H3,(H,57,60)/b18-16-,24-22-,29-27-. The van der Waals surface area contributed by atoms with Gasteiger partial charge in [-0.2, -0.15) is 0 Å². The molecule has 3 N–H and O–H groups in total. The Morgan fingerprint density at radius 3 is 1.27 bits per heavy atom. The van der Waals surface area contributed by atoms with Crippen LogP contribution in [-0.2, 0) is 14.3 Å². The molecule has 6 nitrogen and oxygen atoms in total. The van der Waals surface area contributed by atoms with Crippen LogP contribution in [0.2, 0.25) is 0 Å². The van der Waals surface area contributed by atoms with Crippen molar-refractivity contribution in [2.45, 2.75) is 302 Å². The number of ether oxygens (including phenoxy) is 1. The van der Waals surface area contributed by atoms with Crippen molar-refractivity contribution in [1.82, 2.24) is 5.32 Å². The third-order valence-corrected chi connectivity index (χ3v) is 12.5. The summed E-state index contributed by atoms with van der Waals surface area (Å²) in [6.45, 7) is 6.44. The summed E-state index contributed by atoms with van der Waals surface area (Å²) in [6, 6.07) is -0.700. The number of allylic oxidation sites excluding steroid dienone is 6. The topological polar surface area (TPSA) is 95.9 Å². The predicted octanol–water partition coefficient (Wildman–Crippen LogP) is 16.5. The van der Waals surface area contributed by atoms with E-state index in [1.165, 1.54) is 167 Å². The van der Waals surface area contributed by atoms with Gasteiger partial charge in [-0.25, -0.2) is 0 Å². The molecule has 0 radical (unpaired) electrons. The molecule has 0 aromatic carbocycles. The number of aliphatic hydroxyl groups excluding tert-OH is 2. The van der Waals surface area contributed by atoms with Gasteiger partial charge in [-0.05, 0) is 64.2 Å². The van der Waals surface area contributed by atoms with Crippen LogP contribution in [0.25, 0.3) is 0 Å². The van der Waals surface area contributed by atoms with Gasteiger partial charge < -0.3 is 20.3 Å². The minimum absolute atomic E-state index is 0.0746. The summed E-state index contributed by atoms with van der Waals surface area (Å²) in [4.78, 5) is 26.1. The van der Waals surface area contributed by atoms with Gasteiger partial charge in [0.1, 0.15) is 6.10 Å². The van der Waals surface area contributed by atoms with Gasteiger partial charge >= 0.3 is 5.97 Å². The maximum atomic E-state index is 13.2. The molecule has 0 bridgehead atoms. The van der Waals surface area contributed by atoms with Gasteiger partial charge in [0.15, 0.2) is 0 Å². The molecule has 0 rings (SSSR count). The molecule has 0 aliphatic heterocycles. The van der Waals surface area contributed by atoms with Crippen molar-refractivity contribution in [3.8, 4) is 0 Å². The van der Waals surface area contributed by atoms with Gasteiger partial charge in [0, 0.05) is 6.42 Å². The fourth-order valence-electron chi connectivity index (χ4n) is 8.32. The second-order valence-corrected chi connectivity index (χ2v) is 18.6. The lowest BCUT2D eigenvalue weighted by Gasteiger charge is -2.24. The number of esters is 1. The predicted molar refractivity (Wildman–Crippen MR) is 269 cm³/mol. The molecular weight excluding hydrogens is 767 g/mol. The van der Waals surface area contributed by atoms with E-state index in [-0.39, 0.29) is 24.9 Å². The van der Waals surface area contributed by atoms with Gasteiger partial charge in [0.2, 0.25) is 5.91 Å². The van der Waals surface area contributed by atoms with Crippen LogP contribution in [0.1, 0.15) is 284 Å². The second kappa shape index (κ2) is 50.1. The monoisotopic (exact) mass is 872 g/mol. The highest BCUT2D eigenvalue weighted by atomic mass is 16.5. The van der Waals surface area contributed by atoms with Gasteiger partial charge in [-0.15, -0.1) is 0 Å². The molecule has 0 spiro atoms. The van der Waals surface area contributed by atoms with Crippen LogP contribution in [0.3, 0.4) is 0 Å². The highest BCUT2D eigenvalue weighted by molar-refractivity contribution is 5.77. The Hall–Kier alpha value is -1.92. The summed E-state index contributed by atoms with van der Waals surface area (Å²) in [5.41, 5.74) is 0. The van der Waals surface area contributed by atoms with Gasteiger partial charge in [-0.3, -0.25) is 9.59 Å². The van der Waals surface area contributed by atoms with E-state index in [2.05, 4.69) is 62.5 Å². The molecule has 6 heteroatoms. The molecule has 0 aliphatic rings. The smallest absolute Gasteiger partial charge is 0.306 e. The lowest BCUT2D eigenvalue weighted by Crippen LogP contribution is -2.46. The molecule has 0 saturated heterocycles. The van der Waals surface area contributed by atoms with Crippen LogP contribution >= 0.6 is 0 Å². The molecule has 0 aliphatic carbocycles. The summed E-state index contributed by atoms with van der Waals surface area (Å²) >= 11 is 0. The zero-order chi connectivity index (χ0) is 45.2. The number of nitrogens with one attached hydrogen (secondary N) is 1. The zero-order valence-electron chi connectivity index (χ0n) is 41.5. The van der Waals surface area contributed by atoms with E-state index in [0.717, 1.165) is 70.6 Å². The molecule has 0 saturated carbocycles. The first-order chi connectivity index (χ1) is 30.5. The van der Waals surface area contributed by atoms with Crippen molar-refractivity contribution in [1.29, 1.82) is 0 Å². The molecule has 3 atom stereocenters. The summed E-state index contributed by atoms with van der Waals surface area (Å²) in [5, 5.41) is 23.8. The lowest BCUT2D eigenvalue weighted by atomic mass is 10.0. The Balaban J connectivity index is 4.31. The number of carbonyl (C=O) groups is 2. The number of hydrogen-bond donors (Lipinski definition) is 3. The van der Waals surface area contributed by atoms with Crippen LogP contribution in [0.4, 0.5) is 0 Å². The van der Waals surface area contributed by atoms with Crippen molar-refractivity contribution < 1.29 is 24.5 Å². The van der Waals surface area contributed by atoms with Crippen molar-refractivity contribution in [2.75, 3.05) is 6.61 Å². The lowest BCUT2D eigenvalue weighted by molar-refractivity contribution is -0.151. The number of aliphatic hydroxyl groups is 2. The Bertz CT molecular complexity index is 1020. The summed E-state index contributed by atoms with van der Waals surface area (Å²) in [5.74, 6) is -0.482. The minimum Gasteiger partial charge on any atom is -0.462 e. The van der Waals surface area contributed by atoms with E-state index in [9.17, 15) is 19.8 Å². The maximum Gasteiger partial charge on any atom is 0.306 e. The van der Waals surface area contributed by atoms with Crippen LogP contribution in [0, 0.1) is 0 Å². The fraction of sp³-hybridized carbons (Fsp3) is 0.857. The molecule has 1 amide bonds. The van der Waals surface area contributed by atoms with Crippen molar-refractivity contribution in [3.63, 3.8) is 0 Å². The van der Waals surface area contributed by atoms with E-state index in [0.29, 0.717) is 19.3 Å². The Kier molecular flexibility index (Phi) is 48.5. The van der Waals surface area contributed by atoms with Crippen molar-refractivity contribution >= 4 is 11.9 Å². The normalized spacial score (nSPS) is 13.4. The highest BCUT2D eigenvalue weighted by Crippen LogP contribution is 2.18. The molecular formula is C56H105NO5. The second-order valence-electron chi connectivity index (χ2n) is 18.6. The van der Waals surface area contributed by atoms with Gasteiger partial charge in [-0.1, -0.05) is 243 Å². The summed E-state index contributed by atoms with van der Waals surface area (Å²) < 4.78 is 5.91. The van der Waals surface area contributed by atoms with E-state index in [1.54, 1.807) is 0 Å². The van der Waals surface area contributed by atoms with Crippen LogP contribution in [-0.4, -0.2) is 46.9 Å². The Morgan fingerprint density at radius 1 is 0.468 bits per heavy atom. The zero-order valence-corrected chi connectivity index (χ0v) is 41.5. The van der Waals surface area contributed by atoms with Gasteiger partial charge in [0.25, 0.3) is 0 Å². The number of hydrogen-bond acceptors (Lipinski definition) is 5. The Morgan fingerprint density at radius 2 is 0.823 bits per heavy atom. The van der Waals surface area contributed by atoms with Crippen LogP contribution in [0.5, 0.6) is 0 Å². The first-order valence-electron chi connectivity index (χ1n) is 27.2. The SMILES string of the molecule is CCCCC/C=C\C/C=C\C/C=C\CCCCCCCCC(=O)OC(CCCCCCCCC)CC(=O)NC(CO)C(O)CCCCCCCCCCCCCCCCCCC. The van der Waals surface area contributed by atoms with E-state index in [1.807, 2.05) is 0 Å². The summed E-state index contributed by atoms with van der Waals surface area (Å²) in [6.07, 6.45) is 59.4. The number of unbranched alkanes of at least 4 members (excludes halogenated alkanes) is 31. The maximum absolute atomic E-state index is 13.2. The minimum atomic E-state index is -0.786. The average molecular weight is 872 g/mol. The van der Waals surface area contributed by atoms with Gasteiger partial charge in [0.05, 0.1) is 25.2 Å². The third-order valence-electron chi connectivity index (χ3n) is 12.5. The van der Waals surface area contributed by atoms with Crippen LogP contribution < -0.4 is 5.32 Å². The molecule has 0 aromatic rings. The molecule has 0 heterocycles. The molecule has 364 valence electrons. The van der Waals surface area contributed by atoms with Crippen molar-refractivity contribution in [3.05, 3.63) is 36.5 Å². The van der Waals surface area contributed by atoms with Crippen molar-refractivity contribution in [2.24, 2.45) is 0 Å². The first-order valence-corrected chi connectivity index (χ1v) is 27.2. The number of amides is 1. The molecule has 0 fully saturated rings. The number of rotatable bonds is 49. The summed E-state index contributed by atoms with van der Waals surface area (Å²) in [7, 11) is 0.